The van der Waals surface area contributed by atoms with Gasteiger partial charge in [0.2, 0.25) is 0 Å². The van der Waals surface area contributed by atoms with Crippen molar-refractivity contribution in [3.8, 4) is 5.75 Å². The number of carbonyl (C=O) groups is 2. The second kappa shape index (κ2) is 9.79. The van der Waals surface area contributed by atoms with Gasteiger partial charge in [-0.2, -0.15) is 0 Å². The molecule has 0 radical (unpaired) electrons. The van der Waals surface area contributed by atoms with Gasteiger partial charge in [-0.05, 0) is 12.1 Å². The van der Waals surface area contributed by atoms with Crippen molar-refractivity contribution >= 4 is 23.6 Å². The molecule has 0 bridgehead atoms. The molecular weight excluding hydrogens is 424 g/mol. The highest BCUT2D eigenvalue weighted by Crippen LogP contribution is 2.21. The summed E-state index contributed by atoms with van der Waals surface area (Å²) in [6.45, 7) is 2.41. The van der Waals surface area contributed by atoms with Crippen LogP contribution in [0.5, 0.6) is 5.75 Å². The third-order valence-electron chi connectivity index (χ3n) is 3.64. The van der Waals surface area contributed by atoms with Crippen LogP contribution in [0.4, 0.5) is 22.4 Å². The van der Waals surface area contributed by atoms with E-state index in [0.717, 1.165) is 6.07 Å². The predicted molar refractivity (Wildman–Crippen MR) is 92.7 cm³/mol. The molecule has 1 aliphatic heterocycles. The average molecular weight is 441 g/mol. The normalized spacial score (nSPS) is 16.5. The fourth-order valence-corrected chi connectivity index (χ4v) is 2.43. The zero-order valence-corrected chi connectivity index (χ0v) is 15.7. The Kier molecular flexibility index (Phi) is 7.68. The SMILES string of the molecule is C=C(CCN1C[C@@H](COC(F)(F)F)OC1=O)NC(=O)COc1ccc(Cl)c(F)c1. The van der Waals surface area contributed by atoms with Gasteiger partial charge in [0.05, 0.1) is 18.2 Å². The zero-order chi connectivity index (χ0) is 21.6. The van der Waals surface area contributed by atoms with Gasteiger partial charge in [0, 0.05) is 24.7 Å². The largest absolute Gasteiger partial charge is 0.522 e. The third-order valence-corrected chi connectivity index (χ3v) is 3.95. The molecule has 1 aromatic rings. The van der Waals surface area contributed by atoms with Gasteiger partial charge in [0.15, 0.2) is 6.61 Å². The summed E-state index contributed by atoms with van der Waals surface area (Å²) >= 11 is 5.54. The second-order valence-corrected chi connectivity index (χ2v) is 6.38. The standard InChI is InChI=1S/C17H17ClF4N2O5/c1-10(23-15(25)9-27-11-2-3-13(18)14(19)6-11)4-5-24-7-12(29-16(24)26)8-28-17(20,21)22/h2-3,6,12H,1,4-5,7-9H2,(H,23,25)/t12-/m0/s1. The van der Waals surface area contributed by atoms with Gasteiger partial charge in [-0.15, -0.1) is 13.2 Å². The lowest BCUT2D eigenvalue weighted by atomic mass is 10.3. The van der Waals surface area contributed by atoms with E-state index in [1.807, 2.05) is 0 Å². The van der Waals surface area contributed by atoms with E-state index in [9.17, 15) is 27.2 Å². The number of benzene rings is 1. The van der Waals surface area contributed by atoms with Crippen molar-refractivity contribution in [2.45, 2.75) is 18.9 Å². The van der Waals surface area contributed by atoms with E-state index < -0.39 is 43.5 Å². The van der Waals surface area contributed by atoms with Crippen molar-refractivity contribution in [1.29, 1.82) is 0 Å². The summed E-state index contributed by atoms with van der Waals surface area (Å²) in [7, 11) is 0. The van der Waals surface area contributed by atoms with Gasteiger partial charge >= 0.3 is 12.5 Å². The number of alkyl halides is 3. The second-order valence-electron chi connectivity index (χ2n) is 5.97. The van der Waals surface area contributed by atoms with E-state index in [4.69, 9.17) is 21.1 Å². The van der Waals surface area contributed by atoms with E-state index in [0.29, 0.717) is 0 Å². The number of halogens is 5. The molecule has 1 heterocycles. The minimum Gasteiger partial charge on any atom is -0.484 e. The molecule has 1 aliphatic rings. The predicted octanol–water partition coefficient (Wildman–Crippen LogP) is 3.24. The number of nitrogens with zero attached hydrogens (tertiary/aromatic N) is 1. The van der Waals surface area contributed by atoms with E-state index >= 15 is 0 Å². The number of nitrogens with one attached hydrogen (secondary N) is 1. The molecular formula is C17H17ClF4N2O5. The summed E-state index contributed by atoms with van der Waals surface area (Å²) in [4.78, 5) is 24.6. The number of cyclic esters (lactones) is 1. The minimum atomic E-state index is -4.81. The Bertz CT molecular complexity index is 775. The van der Waals surface area contributed by atoms with Crippen LogP contribution in [-0.2, 0) is 14.3 Å². The molecule has 1 fully saturated rings. The van der Waals surface area contributed by atoms with Crippen LogP contribution in [0.3, 0.4) is 0 Å². The smallest absolute Gasteiger partial charge is 0.484 e. The number of amides is 2. The number of hydrogen-bond acceptors (Lipinski definition) is 5. The minimum absolute atomic E-state index is 0.0731. The quantitative estimate of drug-likeness (QED) is 0.597. The monoisotopic (exact) mass is 440 g/mol. The van der Waals surface area contributed by atoms with Crippen molar-refractivity contribution in [3.63, 3.8) is 0 Å². The molecule has 0 aliphatic carbocycles. The summed E-state index contributed by atoms with van der Waals surface area (Å²) in [5, 5.41) is 2.36. The van der Waals surface area contributed by atoms with Gasteiger partial charge in [-0.3, -0.25) is 9.53 Å². The Morgan fingerprint density at radius 2 is 2.14 bits per heavy atom. The highest BCUT2D eigenvalue weighted by atomic mass is 35.5. The molecule has 2 rings (SSSR count). The molecule has 0 aromatic heterocycles. The van der Waals surface area contributed by atoms with Crippen LogP contribution in [0.2, 0.25) is 5.02 Å². The van der Waals surface area contributed by atoms with E-state index in [1.54, 1.807) is 0 Å². The Balaban J connectivity index is 1.68. The van der Waals surface area contributed by atoms with E-state index in [-0.39, 0.29) is 36.0 Å². The molecule has 1 aromatic carbocycles. The van der Waals surface area contributed by atoms with E-state index in [1.165, 1.54) is 17.0 Å². The summed E-state index contributed by atoms with van der Waals surface area (Å²) in [6, 6.07) is 3.71. The first-order valence-corrected chi connectivity index (χ1v) is 8.63. The van der Waals surface area contributed by atoms with Crippen LogP contribution in [0.25, 0.3) is 0 Å². The van der Waals surface area contributed by atoms with Gasteiger partial charge in [-0.25, -0.2) is 9.18 Å². The van der Waals surface area contributed by atoms with Crippen molar-refractivity contribution in [3.05, 3.63) is 41.3 Å². The fourth-order valence-electron chi connectivity index (χ4n) is 2.31. The van der Waals surface area contributed by atoms with Crippen LogP contribution < -0.4 is 10.1 Å². The van der Waals surface area contributed by atoms with Crippen LogP contribution in [0, 0.1) is 5.82 Å². The number of carbonyl (C=O) groups excluding carboxylic acids is 2. The summed E-state index contributed by atoms with van der Waals surface area (Å²) in [5.74, 6) is -1.14. The first-order valence-electron chi connectivity index (χ1n) is 8.25. The lowest BCUT2D eigenvalue weighted by Gasteiger charge is -2.15. The number of rotatable bonds is 9. The average Bonchev–Trinajstić information content (AvgIpc) is 2.98. The van der Waals surface area contributed by atoms with Crippen molar-refractivity contribution in [1.82, 2.24) is 10.2 Å². The molecule has 29 heavy (non-hydrogen) atoms. The van der Waals surface area contributed by atoms with Gasteiger partial charge in [0.25, 0.3) is 5.91 Å². The summed E-state index contributed by atoms with van der Waals surface area (Å²) in [5.41, 5.74) is 0.253. The molecule has 12 heteroatoms. The number of hydrogen-bond donors (Lipinski definition) is 1. The lowest BCUT2D eigenvalue weighted by molar-refractivity contribution is -0.329. The molecule has 1 N–H and O–H groups in total. The first-order chi connectivity index (χ1) is 13.5. The maximum absolute atomic E-state index is 13.3. The maximum Gasteiger partial charge on any atom is 0.522 e. The van der Waals surface area contributed by atoms with Gasteiger partial charge in [-0.1, -0.05) is 18.2 Å². The molecule has 7 nitrogen and oxygen atoms in total. The first kappa shape index (κ1) is 22.8. The Labute approximate surface area is 168 Å². The van der Waals surface area contributed by atoms with Crippen LogP contribution in [0.15, 0.2) is 30.5 Å². The Hall–Kier alpha value is -2.53. The van der Waals surface area contributed by atoms with Crippen LogP contribution in [0.1, 0.15) is 6.42 Å². The summed E-state index contributed by atoms with van der Waals surface area (Å²) in [6.07, 6.45) is -6.49. The van der Waals surface area contributed by atoms with Crippen LogP contribution >= 0.6 is 11.6 Å². The molecule has 1 atom stereocenters. The molecule has 1 saturated heterocycles. The molecule has 0 saturated carbocycles. The van der Waals surface area contributed by atoms with Gasteiger partial charge < -0.3 is 19.7 Å². The topological polar surface area (TPSA) is 77.1 Å². The molecule has 0 unspecified atom stereocenters. The van der Waals surface area contributed by atoms with Crippen molar-refractivity contribution in [2.24, 2.45) is 0 Å². The fraction of sp³-hybridized carbons (Fsp3) is 0.412. The highest BCUT2D eigenvalue weighted by Gasteiger charge is 2.36. The zero-order valence-electron chi connectivity index (χ0n) is 14.9. The van der Waals surface area contributed by atoms with Crippen molar-refractivity contribution < 1.29 is 41.4 Å². The molecule has 2 amide bonds. The highest BCUT2D eigenvalue weighted by molar-refractivity contribution is 6.30. The maximum atomic E-state index is 13.3. The summed E-state index contributed by atoms with van der Waals surface area (Å²) < 4.78 is 62.9. The molecule has 160 valence electrons. The van der Waals surface area contributed by atoms with Crippen molar-refractivity contribution in [2.75, 3.05) is 26.3 Å². The van der Waals surface area contributed by atoms with Gasteiger partial charge in [0.1, 0.15) is 17.7 Å². The lowest BCUT2D eigenvalue weighted by Crippen LogP contribution is -2.32. The Morgan fingerprint density at radius 1 is 1.41 bits per heavy atom. The van der Waals surface area contributed by atoms with E-state index in [2.05, 4.69) is 16.6 Å². The number of ether oxygens (including phenoxy) is 3. The third kappa shape index (κ3) is 7.78. The Morgan fingerprint density at radius 3 is 2.79 bits per heavy atom. The van der Waals surface area contributed by atoms with Crippen LogP contribution in [-0.4, -0.2) is 55.7 Å². The molecule has 0 spiro atoms.